The fourth-order valence-corrected chi connectivity index (χ4v) is 6.77. The molecule has 4 aromatic rings. The smallest absolute Gasteiger partial charge is 0.264 e. The van der Waals surface area contributed by atoms with Crippen LogP contribution in [0.1, 0.15) is 31.9 Å². The highest BCUT2D eigenvalue weighted by Crippen LogP contribution is 2.33. The third-order valence-electron chi connectivity index (χ3n) is 7.34. The van der Waals surface area contributed by atoms with Gasteiger partial charge in [-0.1, -0.05) is 96.0 Å². The lowest BCUT2D eigenvalue weighted by atomic mass is 10.0. The Bertz CT molecular complexity index is 1740. The van der Waals surface area contributed by atoms with Crippen molar-refractivity contribution in [2.24, 2.45) is 5.92 Å². The Labute approximate surface area is 290 Å². The van der Waals surface area contributed by atoms with Gasteiger partial charge in [-0.3, -0.25) is 13.9 Å². The maximum absolute atomic E-state index is 14.6. The molecule has 8 nitrogen and oxygen atoms in total. The van der Waals surface area contributed by atoms with Gasteiger partial charge in [-0.2, -0.15) is 0 Å². The molecule has 0 aliphatic carbocycles. The number of hydrogen-bond donors (Lipinski definition) is 1. The van der Waals surface area contributed by atoms with Crippen molar-refractivity contribution in [1.82, 2.24) is 10.2 Å². The van der Waals surface area contributed by atoms with E-state index in [0.717, 1.165) is 19.9 Å². The summed E-state index contributed by atoms with van der Waals surface area (Å²) in [5, 5.41) is 3.37. The summed E-state index contributed by atoms with van der Waals surface area (Å²) in [7, 11) is -4.30. The number of anilines is 1. The Morgan fingerprint density at radius 3 is 2.15 bits per heavy atom. The molecular formula is C36H39BrClN3O5S. The number of benzene rings is 4. The van der Waals surface area contributed by atoms with Gasteiger partial charge in [0.25, 0.3) is 10.0 Å². The van der Waals surface area contributed by atoms with Gasteiger partial charge in [-0.25, -0.2) is 8.42 Å². The summed E-state index contributed by atoms with van der Waals surface area (Å²) in [5.74, 6) is -0.399. The van der Waals surface area contributed by atoms with E-state index < -0.39 is 28.5 Å². The molecule has 0 saturated carbocycles. The van der Waals surface area contributed by atoms with Crippen molar-refractivity contribution in [3.8, 4) is 5.75 Å². The van der Waals surface area contributed by atoms with Gasteiger partial charge in [-0.15, -0.1) is 0 Å². The van der Waals surface area contributed by atoms with Crippen molar-refractivity contribution in [2.75, 3.05) is 24.0 Å². The second kappa shape index (κ2) is 16.8. The summed E-state index contributed by atoms with van der Waals surface area (Å²) in [6, 6.07) is 28.4. The Morgan fingerprint density at radius 2 is 1.51 bits per heavy atom. The van der Waals surface area contributed by atoms with Crippen LogP contribution in [0.15, 0.2) is 112 Å². The van der Waals surface area contributed by atoms with Gasteiger partial charge in [0.15, 0.2) is 0 Å². The molecule has 4 rings (SSSR count). The minimum Gasteiger partial charge on any atom is -0.492 e. The van der Waals surface area contributed by atoms with E-state index in [0.29, 0.717) is 17.3 Å². The van der Waals surface area contributed by atoms with Crippen LogP contribution in [-0.2, 0) is 32.6 Å². The van der Waals surface area contributed by atoms with Gasteiger partial charge < -0.3 is 15.0 Å². The van der Waals surface area contributed by atoms with Gasteiger partial charge in [0.05, 0.1) is 17.2 Å². The predicted molar refractivity (Wildman–Crippen MR) is 190 cm³/mol. The van der Waals surface area contributed by atoms with Crippen LogP contribution in [0.3, 0.4) is 0 Å². The summed E-state index contributed by atoms with van der Waals surface area (Å²) in [6.45, 7) is 5.96. The Morgan fingerprint density at radius 1 is 0.872 bits per heavy atom. The first-order chi connectivity index (χ1) is 22.5. The third-order valence-corrected chi connectivity index (χ3v) is 9.89. The highest BCUT2D eigenvalue weighted by molar-refractivity contribution is 9.10. The van der Waals surface area contributed by atoms with Crippen LogP contribution in [0, 0.1) is 5.92 Å². The number of carbonyl (C=O) groups is 2. The normalized spacial score (nSPS) is 12.0. The summed E-state index contributed by atoms with van der Waals surface area (Å²) in [5.41, 5.74) is 1.83. The fraction of sp³-hybridized carbons (Fsp3) is 0.278. The first kappa shape index (κ1) is 36.0. The molecule has 0 aliphatic heterocycles. The van der Waals surface area contributed by atoms with Crippen LogP contribution in [0.2, 0.25) is 5.02 Å². The summed E-state index contributed by atoms with van der Waals surface area (Å²) in [4.78, 5) is 30.0. The standard InChI is InChI=1S/C36H39BrClN3O5S/c1-4-46-34-13-9-8-12-32(34)41(47(44,45)31-20-18-30(38)19-21-31)25-35(42)40(24-28-14-16-29(37)17-15-28)33(36(43)39-23-26(2)3)22-27-10-6-5-7-11-27/h5-21,26,33H,4,22-25H2,1-3H3,(H,39,43)/t33-/m1/s1. The average molecular weight is 741 g/mol. The van der Waals surface area contributed by atoms with Gasteiger partial charge in [0.1, 0.15) is 18.3 Å². The highest BCUT2D eigenvalue weighted by Gasteiger charge is 2.35. The number of sulfonamides is 1. The number of nitrogens with one attached hydrogen (secondary N) is 1. The molecule has 1 N–H and O–H groups in total. The monoisotopic (exact) mass is 739 g/mol. The molecule has 0 heterocycles. The van der Waals surface area contributed by atoms with Crippen LogP contribution in [-0.4, -0.2) is 50.9 Å². The van der Waals surface area contributed by atoms with Crippen LogP contribution < -0.4 is 14.4 Å². The van der Waals surface area contributed by atoms with Crippen molar-refractivity contribution in [2.45, 2.75) is 44.7 Å². The van der Waals surface area contributed by atoms with Crippen molar-refractivity contribution in [3.05, 3.63) is 124 Å². The van der Waals surface area contributed by atoms with E-state index in [1.54, 1.807) is 31.2 Å². The summed E-state index contributed by atoms with van der Waals surface area (Å²) < 4.78 is 36.3. The molecule has 4 aromatic carbocycles. The van der Waals surface area contributed by atoms with E-state index in [2.05, 4.69) is 21.2 Å². The lowest BCUT2D eigenvalue weighted by molar-refractivity contribution is -0.140. The number of amides is 2. The molecular weight excluding hydrogens is 702 g/mol. The predicted octanol–water partition coefficient (Wildman–Crippen LogP) is 7.11. The largest absolute Gasteiger partial charge is 0.492 e. The van der Waals surface area contributed by atoms with E-state index in [1.807, 2.05) is 68.4 Å². The molecule has 11 heteroatoms. The zero-order chi connectivity index (χ0) is 34.0. The second-order valence-corrected chi connectivity index (χ2v) is 14.6. The molecule has 248 valence electrons. The van der Waals surface area contributed by atoms with Crippen molar-refractivity contribution < 1.29 is 22.7 Å². The molecule has 0 aromatic heterocycles. The molecule has 0 radical (unpaired) electrons. The molecule has 0 saturated heterocycles. The maximum Gasteiger partial charge on any atom is 0.264 e. The van der Waals surface area contributed by atoms with Gasteiger partial charge >= 0.3 is 0 Å². The molecule has 0 fully saturated rings. The van der Waals surface area contributed by atoms with Crippen molar-refractivity contribution >= 4 is 55.1 Å². The number of ether oxygens (including phenoxy) is 1. The van der Waals surface area contributed by atoms with E-state index in [4.69, 9.17) is 16.3 Å². The SMILES string of the molecule is CCOc1ccccc1N(CC(=O)N(Cc1ccc(Br)cc1)[C@H](Cc1ccccc1)C(=O)NCC(C)C)S(=O)(=O)c1ccc(Cl)cc1. The lowest BCUT2D eigenvalue weighted by Crippen LogP contribution is -2.53. The van der Waals surface area contributed by atoms with E-state index in [9.17, 15) is 18.0 Å². The van der Waals surface area contributed by atoms with Gasteiger partial charge in [0, 0.05) is 29.0 Å². The van der Waals surface area contributed by atoms with Crippen LogP contribution in [0.25, 0.3) is 0 Å². The number of nitrogens with zero attached hydrogens (tertiary/aromatic N) is 2. The van der Waals surface area contributed by atoms with Crippen LogP contribution >= 0.6 is 27.5 Å². The molecule has 1 atom stereocenters. The zero-order valence-corrected chi connectivity index (χ0v) is 29.8. The van der Waals surface area contributed by atoms with E-state index in [-0.39, 0.29) is 42.0 Å². The Hall–Kier alpha value is -3.86. The minimum atomic E-state index is -4.30. The summed E-state index contributed by atoms with van der Waals surface area (Å²) in [6.07, 6.45) is 0.229. The first-order valence-electron chi connectivity index (χ1n) is 15.3. The molecule has 0 aliphatic rings. The first-order valence-corrected chi connectivity index (χ1v) is 18.0. The quantitative estimate of drug-likeness (QED) is 0.140. The zero-order valence-electron chi connectivity index (χ0n) is 26.6. The van der Waals surface area contributed by atoms with Crippen LogP contribution in [0.4, 0.5) is 5.69 Å². The van der Waals surface area contributed by atoms with Gasteiger partial charge in [-0.05, 0) is 72.5 Å². The Balaban J connectivity index is 1.83. The summed E-state index contributed by atoms with van der Waals surface area (Å²) >= 11 is 9.54. The molecule has 0 unspecified atom stereocenters. The number of carbonyl (C=O) groups excluding carboxylic acids is 2. The molecule has 47 heavy (non-hydrogen) atoms. The number of halogens is 2. The second-order valence-electron chi connectivity index (χ2n) is 11.4. The lowest BCUT2D eigenvalue weighted by Gasteiger charge is -2.34. The molecule has 0 bridgehead atoms. The van der Waals surface area contributed by atoms with Crippen molar-refractivity contribution in [1.29, 1.82) is 0 Å². The van der Waals surface area contributed by atoms with Crippen molar-refractivity contribution in [3.63, 3.8) is 0 Å². The topological polar surface area (TPSA) is 96.0 Å². The Kier molecular flexibility index (Phi) is 12.9. The number of hydrogen-bond acceptors (Lipinski definition) is 5. The number of para-hydroxylation sites is 2. The highest BCUT2D eigenvalue weighted by atomic mass is 79.9. The molecule has 0 spiro atoms. The molecule has 2 amide bonds. The number of rotatable bonds is 15. The average Bonchev–Trinajstić information content (AvgIpc) is 3.06. The van der Waals surface area contributed by atoms with E-state index >= 15 is 0 Å². The fourth-order valence-electron chi connectivity index (χ4n) is 4.95. The van der Waals surface area contributed by atoms with E-state index in [1.165, 1.54) is 29.2 Å². The van der Waals surface area contributed by atoms with Crippen LogP contribution in [0.5, 0.6) is 5.75 Å². The van der Waals surface area contributed by atoms with Gasteiger partial charge in [0.2, 0.25) is 11.8 Å². The maximum atomic E-state index is 14.6. The minimum absolute atomic E-state index is 0.0454. The third kappa shape index (κ3) is 9.82.